The number of hydrogen-bond acceptors (Lipinski definition) is 3. The number of rotatable bonds is 5. The summed E-state index contributed by atoms with van der Waals surface area (Å²) in [5.41, 5.74) is 3.27. The molecule has 2 unspecified atom stereocenters. The van der Waals surface area contributed by atoms with Gasteiger partial charge in [-0.3, -0.25) is 4.99 Å². The zero-order valence-electron chi connectivity index (χ0n) is 20.3. The Morgan fingerprint density at radius 1 is 1.09 bits per heavy atom. The Morgan fingerprint density at radius 2 is 1.91 bits per heavy atom. The third-order valence-corrected chi connectivity index (χ3v) is 7.59. The van der Waals surface area contributed by atoms with Gasteiger partial charge in [0.05, 0.1) is 5.70 Å². The minimum Gasteiger partial charge on any atom is -0.508 e. The molecule has 0 radical (unpaired) electrons. The topological polar surface area (TPSA) is 35.8 Å². The number of fused-ring (bicyclic) bond motifs is 2. The van der Waals surface area contributed by atoms with E-state index in [2.05, 4.69) is 23.1 Å². The smallest absolute Gasteiger partial charge is 0.131 e. The minimum atomic E-state index is -0.314. The Hall–Kier alpha value is -2.20. The van der Waals surface area contributed by atoms with Crippen molar-refractivity contribution in [3.05, 3.63) is 59.6 Å². The average Bonchev–Trinajstić information content (AvgIpc) is 3.31. The van der Waals surface area contributed by atoms with Gasteiger partial charge in [-0.1, -0.05) is 44.9 Å². The molecule has 3 nitrogen and oxygen atoms in total. The van der Waals surface area contributed by atoms with Crippen LogP contribution in [0.15, 0.2) is 53.2 Å². The number of phenolic OH excluding ortho intramolecular Hbond substituents is 1. The van der Waals surface area contributed by atoms with Gasteiger partial charge in [0.15, 0.2) is 0 Å². The molecule has 1 saturated carbocycles. The highest BCUT2D eigenvalue weighted by atomic mass is 19.1. The average molecular weight is 451 g/mol. The molecule has 4 aliphatic rings. The van der Waals surface area contributed by atoms with Gasteiger partial charge in [-0.15, -0.1) is 0 Å². The molecule has 2 aliphatic carbocycles. The van der Waals surface area contributed by atoms with E-state index < -0.39 is 0 Å². The molecule has 0 spiro atoms. The van der Waals surface area contributed by atoms with E-state index in [1.165, 1.54) is 63.4 Å². The third kappa shape index (κ3) is 5.66. The van der Waals surface area contributed by atoms with Gasteiger partial charge in [0.2, 0.25) is 0 Å². The highest BCUT2D eigenvalue weighted by molar-refractivity contribution is 5.97. The first-order valence-electron chi connectivity index (χ1n) is 13.0. The Bertz CT molecular complexity index is 945. The molecule has 1 saturated heterocycles. The van der Waals surface area contributed by atoms with Crippen molar-refractivity contribution in [2.45, 2.75) is 65.2 Å². The molecule has 33 heavy (non-hydrogen) atoms. The van der Waals surface area contributed by atoms with Crippen molar-refractivity contribution in [2.24, 2.45) is 22.7 Å². The van der Waals surface area contributed by atoms with Crippen molar-refractivity contribution in [2.75, 3.05) is 19.6 Å². The Labute approximate surface area is 198 Å². The normalized spacial score (nSPS) is 26.8. The van der Waals surface area contributed by atoms with Gasteiger partial charge >= 0.3 is 0 Å². The molecule has 0 amide bonds. The van der Waals surface area contributed by atoms with Crippen LogP contribution in [0.3, 0.4) is 0 Å². The number of halogens is 1. The number of aliphatic imine (C=N–C) groups is 1. The highest BCUT2D eigenvalue weighted by Crippen LogP contribution is 2.39. The third-order valence-electron chi connectivity index (χ3n) is 7.59. The summed E-state index contributed by atoms with van der Waals surface area (Å²) >= 11 is 0. The lowest BCUT2D eigenvalue weighted by Gasteiger charge is -2.24. The van der Waals surface area contributed by atoms with Crippen molar-refractivity contribution < 1.29 is 9.50 Å². The molecule has 4 heteroatoms. The zero-order chi connectivity index (χ0) is 23.2. The van der Waals surface area contributed by atoms with Crippen LogP contribution in [0, 0.1) is 23.6 Å². The number of benzene rings is 1. The summed E-state index contributed by atoms with van der Waals surface area (Å²) < 4.78 is 14.5. The Morgan fingerprint density at radius 3 is 2.79 bits per heavy atom. The van der Waals surface area contributed by atoms with E-state index >= 15 is 0 Å². The lowest BCUT2D eigenvalue weighted by molar-refractivity contribution is 0.237. The summed E-state index contributed by atoms with van der Waals surface area (Å²) in [7, 11) is 0. The molecule has 1 aromatic carbocycles. The molecule has 1 aromatic rings. The van der Waals surface area contributed by atoms with Gasteiger partial charge in [-0.2, -0.15) is 0 Å². The summed E-state index contributed by atoms with van der Waals surface area (Å²) in [5.74, 6) is 1.86. The van der Waals surface area contributed by atoms with Crippen molar-refractivity contribution in [3.63, 3.8) is 0 Å². The number of phenols is 1. The predicted molar refractivity (Wildman–Crippen MR) is 136 cm³/mol. The van der Waals surface area contributed by atoms with Crippen LogP contribution in [0.1, 0.15) is 70.8 Å². The number of nitrogens with zero attached hydrogens (tertiary/aromatic N) is 2. The van der Waals surface area contributed by atoms with Crippen LogP contribution in [0.2, 0.25) is 0 Å². The predicted octanol–water partition coefficient (Wildman–Crippen LogP) is 7.15. The van der Waals surface area contributed by atoms with E-state index in [0.29, 0.717) is 5.56 Å². The minimum absolute atomic E-state index is 0.0826. The molecule has 2 aliphatic heterocycles. The zero-order valence-corrected chi connectivity index (χ0v) is 20.3. The first kappa shape index (κ1) is 23.9. The molecule has 2 heterocycles. The van der Waals surface area contributed by atoms with Crippen molar-refractivity contribution in [3.8, 4) is 5.75 Å². The number of allylic oxidation sites excluding steroid dienone is 5. The number of aromatic hydroxyl groups is 1. The lowest BCUT2D eigenvalue weighted by Crippen LogP contribution is -2.30. The van der Waals surface area contributed by atoms with Crippen LogP contribution in [0.5, 0.6) is 5.75 Å². The van der Waals surface area contributed by atoms with Gasteiger partial charge < -0.3 is 10.0 Å². The standard InChI is InChI=1S/C27H33FN2O.C2H6/c28-26-14-12-23(31)17-25(26)24-13-11-20-6-2-9-22(29-27(20)24)10-4-16-30-15-3-8-19-5-1-7-21(19)18-30;1-2/h2,9,11-14,17,19-21,31H,1,3-8,10,15-16,18H2;1-2H3/t19?,20?,21-;/m0./s1. The summed E-state index contributed by atoms with van der Waals surface area (Å²) in [6.45, 7) is 7.67. The van der Waals surface area contributed by atoms with Gasteiger partial charge in [0.25, 0.3) is 0 Å². The second kappa shape index (κ2) is 11.3. The van der Waals surface area contributed by atoms with Crippen LogP contribution in [-0.2, 0) is 0 Å². The van der Waals surface area contributed by atoms with E-state index in [0.717, 1.165) is 54.6 Å². The second-order valence-electron chi connectivity index (χ2n) is 9.67. The molecule has 178 valence electrons. The molecule has 0 aromatic heterocycles. The summed E-state index contributed by atoms with van der Waals surface area (Å²) in [6, 6.07) is 4.22. The van der Waals surface area contributed by atoms with Gasteiger partial charge in [-0.25, -0.2) is 4.39 Å². The van der Waals surface area contributed by atoms with Gasteiger partial charge in [-0.05, 0) is 87.7 Å². The first-order chi connectivity index (χ1) is 16.2. The largest absolute Gasteiger partial charge is 0.508 e. The van der Waals surface area contributed by atoms with Crippen LogP contribution in [0.4, 0.5) is 4.39 Å². The second-order valence-corrected chi connectivity index (χ2v) is 9.67. The summed E-state index contributed by atoms with van der Waals surface area (Å²) in [6.07, 6.45) is 18.5. The van der Waals surface area contributed by atoms with Crippen LogP contribution in [-0.4, -0.2) is 35.4 Å². The maximum atomic E-state index is 14.5. The number of likely N-dealkylation sites (tertiary alicyclic amines) is 1. The molecule has 1 N–H and O–H groups in total. The highest BCUT2D eigenvalue weighted by Gasteiger charge is 2.30. The first-order valence-corrected chi connectivity index (χ1v) is 13.0. The van der Waals surface area contributed by atoms with E-state index in [1.54, 1.807) is 0 Å². The molecule has 2 fully saturated rings. The molecular formula is C29H39FN2O. The van der Waals surface area contributed by atoms with Crippen LogP contribution >= 0.6 is 0 Å². The van der Waals surface area contributed by atoms with Crippen molar-refractivity contribution in [1.82, 2.24) is 4.90 Å². The van der Waals surface area contributed by atoms with Crippen molar-refractivity contribution in [1.29, 1.82) is 0 Å². The van der Waals surface area contributed by atoms with Gasteiger partial charge in [0.1, 0.15) is 11.6 Å². The summed E-state index contributed by atoms with van der Waals surface area (Å²) in [5, 5.41) is 9.85. The Balaban J connectivity index is 0.00000126. The molecule has 0 bridgehead atoms. The fourth-order valence-electron chi connectivity index (χ4n) is 5.97. The lowest BCUT2D eigenvalue weighted by atomic mass is 9.93. The fourth-order valence-corrected chi connectivity index (χ4v) is 5.97. The van der Waals surface area contributed by atoms with E-state index in [1.807, 2.05) is 19.9 Å². The molecule has 5 rings (SSSR count). The molecular weight excluding hydrogens is 411 g/mol. The van der Waals surface area contributed by atoms with E-state index in [4.69, 9.17) is 4.99 Å². The quantitative estimate of drug-likeness (QED) is 0.517. The maximum absolute atomic E-state index is 14.5. The molecule has 3 atom stereocenters. The van der Waals surface area contributed by atoms with E-state index in [9.17, 15) is 9.50 Å². The SMILES string of the molecule is CC.Oc1ccc(F)c(C2=C3N=C(CCCN4CCCC5CCC[C@H]5C4)C=CCC3C=C2)c1. The van der Waals surface area contributed by atoms with E-state index in [-0.39, 0.29) is 17.5 Å². The van der Waals surface area contributed by atoms with Crippen molar-refractivity contribution >= 4 is 11.3 Å². The van der Waals surface area contributed by atoms with Gasteiger partial charge in [0, 0.05) is 29.3 Å². The Kier molecular flexibility index (Phi) is 8.19. The van der Waals surface area contributed by atoms with Crippen LogP contribution in [0.25, 0.3) is 5.57 Å². The summed E-state index contributed by atoms with van der Waals surface area (Å²) in [4.78, 5) is 7.68. The van der Waals surface area contributed by atoms with Crippen LogP contribution < -0.4 is 0 Å². The fraction of sp³-hybridized carbons (Fsp3) is 0.552. The monoisotopic (exact) mass is 450 g/mol. The number of hydrogen-bond donors (Lipinski definition) is 1. The maximum Gasteiger partial charge on any atom is 0.131 e.